The zero-order valence-corrected chi connectivity index (χ0v) is 11.6. The van der Waals surface area contributed by atoms with Crippen molar-refractivity contribution >= 4 is 5.78 Å². The molecule has 0 spiro atoms. The normalized spacial score (nSPS) is 15.7. The van der Waals surface area contributed by atoms with Crippen LogP contribution in [-0.2, 0) is 5.41 Å². The predicted molar refractivity (Wildman–Crippen MR) is 79.3 cm³/mol. The fourth-order valence-corrected chi connectivity index (χ4v) is 2.70. The molecule has 1 aliphatic carbocycles. The number of carbonyl (C=O) groups excluding carboxylic acids is 1. The minimum absolute atomic E-state index is 0.213. The third kappa shape index (κ3) is 2.22. The summed E-state index contributed by atoms with van der Waals surface area (Å²) in [5.74, 6) is 0.979. The highest BCUT2D eigenvalue weighted by molar-refractivity contribution is 6.06. The minimum Gasteiger partial charge on any atom is -0.494 e. The first-order valence-electron chi connectivity index (χ1n) is 7.09. The topological polar surface area (TPSA) is 26.3 Å². The number of hydrogen-bond acceptors (Lipinski definition) is 2. The van der Waals surface area contributed by atoms with Crippen molar-refractivity contribution < 1.29 is 9.53 Å². The Morgan fingerprint density at radius 3 is 2.50 bits per heavy atom. The Kier molecular flexibility index (Phi) is 3.31. The second-order valence-electron chi connectivity index (χ2n) is 5.24. The molecule has 0 saturated heterocycles. The summed E-state index contributed by atoms with van der Waals surface area (Å²) in [4.78, 5) is 12.8. The van der Waals surface area contributed by atoms with Gasteiger partial charge in [-0.1, -0.05) is 42.5 Å². The van der Waals surface area contributed by atoms with Crippen molar-refractivity contribution in [1.82, 2.24) is 0 Å². The molecule has 1 fully saturated rings. The van der Waals surface area contributed by atoms with E-state index >= 15 is 0 Å². The maximum absolute atomic E-state index is 12.8. The van der Waals surface area contributed by atoms with Gasteiger partial charge >= 0.3 is 0 Å². The van der Waals surface area contributed by atoms with E-state index in [1.165, 1.54) is 0 Å². The van der Waals surface area contributed by atoms with Crippen LogP contribution in [0.2, 0.25) is 0 Å². The Hall–Kier alpha value is -2.09. The molecule has 0 heterocycles. The molecule has 0 aliphatic heterocycles. The van der Waals surface area contributed by atoms with Crippen LogP contribution in [0.1, 0.15) is 35.7 Å². The number of ether oxygens (including phenoxy) is 1. The van der Waals surface area contributed by atoms with E-state index in [1.807, 2.05) is 49.4 Å². The molecule has 0 atom stereocenters. The fraction of sp³-hybridized carbons (Fsp3) is 0.278. The first kappa shape index (κ1) is 12.9. The molecule has 2 heteroatoms. The van der Waals surface area contributed by atoms with Crippen LogP contribution in [0.25, 0.3) is 0 Å². The summed E-state index contributed by atoms with van der Waals surface area (Å²) in [7, 11) is 0. The first-order chi connectivity index (χ1) is 9.76. The predicted octanol–water partition coefficient (Wildman–Crippen LogP) is 4.00. The lowest BCUT2D eigenvalue weighted by atomic mass is 9.87. The summed E-state index contributed by atoms with van der Waals surface area (Å²) in [6, 6.07) is 17.6. The number of carbonyl (C=O) groups is 1. The number of Topliss-reactive ketones (excluding diaryl/α,β-unsaturated/α-hetero) is 1. The monoisotopic (exact) mass is 266 g/mol. The maximum atomic E-state index is 12.8. The van der Waals surface area contributed by atoms with Gasteiger partial charge in [-0.05, 0) is 37.5 Å². The molecular formula is C18H18O2. The SMILES string of the molecule is CCOc1cccc(C(=O)C2(c3ccccc3)CC2)c1. The van der Waals surface area contributed by atoms with Crippen molar-refractivity contribution in [1.29, 1.82) is 0 Å². The van der Waals surface area contributed by atoms with Crippen molar-refractivity contribution in [2.24, 2.45) is 0 Å². The fourth-order valence-electron chi connectivity index (χ4n) is 2.70. The second-order valence-corrected chi connectivity index (χ2v) is 5.24. The second kappa shape index (κ2) is 5.12. The van der Waals surface area contributed by atoms with E-state index in [0.29, 0.717) is 6.61 Å². The van der Waals surface area contributed by atoms with Gasteiger partial charge in [0.25, 0.3) is 0 Å². The van der Waals surface area contributed by atoms with Gasteiger partial charge < -0.3 is 4.74 Å². The van der Waals surface area contributed by atoms with Gasteiger partial charge in [0, 0.05) is 5.56 Å². The van der Waals surface area contributed by atoms with Crippen LogP contribution in [0.15, 0.2) is 54.6 Å². The molecule has 2 nitrogen and oxygen atoms in total. The average molecular weight is 266 g/mol. The molecule has 0 amide bonds. The molecule has 0 unspecified atom stereocenters. The van der Waals surface area contributed by atoms with Crippen molar-refractivity contribution in [3.63, 3.8) is 0 Å². The van der Waals surface area contributed by atoms with E-state index in [4.69, 9.17) is 4.74 Å². The van der Waals surface area contributed by atoms with Gasteiger partial charge in [0.15, 0.2) is 5.78 Å². The van der Waals surface area contributed by atoms with Crippen LogP contribution >= 0.6 is 0 Å². The van der Waals surface area contributed by atoms with Gasteiger partial charge in [0.1, 0.15) is 5.75 Å². The largest absolute Gasteiger partial charge is 0.494 e. The lowest BCUT2D eigenvalue weighted by molar-refractivity contribution is 0.0945. The molecule has 0 bridgehead atoms. The Labute approximate surface area is 119 Å². The Bertz CT molecular complexity index is 612. The lowest BCUT2D eigenvalue weighted by Crippen LogP contribution is -2.20. The van der Waals surface area contributed by atoms with Crippen LogP contribution < -0.4 is 4.74 Å². The summed E-state index contributed by atoms with van der Waals surface area (Å²) < 4.78 is 5.48. The van der Waals surface area contributed by atoms with Crippen LogP contribution in [-0.4, -0.2) is 12.4 Å². The quantitative estimate of drug-likeness (QED) is 0.765. The molecule has 1 aliphatic rings. The van der Waals surface area contributed by atoms with Gasteiger partial charge in [-0.25, -0.2) is 0 Å². The van der Waals surface area contributed by atoms with Crippen molar-refractivity contribution in [2.75, 3.05) is 6.61 Å². The summed E-state index contributed by atoms with van der Waals surface area (Å²) in [5.41, 5.74) is 1.58. The van der Waals surface area contributed by atoms with E-state index in [-0.39, 0.29) is 11.2 Å². The van der Waals surface area contributed by atoms with Crippen molar-refractivity contribution in [3.05, 3.63) is 65.7 Å². The van der Waals surface area contributed by atoms with Gasteiger partial charge in [-0.2, -0.15) is 0 Å². The summed E-state index contributed by atoms with van der Waals surface area (Å²) in [6.45, 7) is 2.56. The van der Waals surface area contributed by atoms with E-state index in [1.54, 1.807) is 0 Å². The highest BCUT2D eigenvalue weighted by Gasteiger charge is 2.51. The van der Waals surface area contributed by atoms with E-state index in [0.717, 1.165) is 29.7 Å². The minimum atomic E-state index is -0.300. The van der Waals surface area contributed by atoms with Crippen LogP contribution in [0, 0.1) is 0 Å². The lowest BCUT2D eigenvalue weighted by Gasteiger charge is -2.15. The average Bonchev–Trinajstić information content (AvgIpc) is 3.30. The molecule has 0 N–H and O–H groups in total. The maximum Gasteiger partial charge on any atom is 0.173 e. The summed E-state index contributed by atoms with van der Waals surface area (Å²) in [6.07, 6.45) is 1.88. The highest BCUT2D eigenvalue weighted by atomic mass is 16.5. The first-order valence-corrected chi connectivity index (χ1v) is 7.09. The Morgan fingerprint density at radius 2 is 1.85 bits per heavy atom. The number of hydrogen-bond donors (Lipinski definition) is 0. The molecule has 2 aromatic carbocycles. The standard InChI is InChI=1S/C18H18O2/c1-2-20-16-10-6-7-14(13-16)17(19)18(11-12-18)15-8-4-3-5-9-15/h3-10,13H,2,11-12H2,1H3. The molecule has 2 aromatic rings. The molecule has 20 heavy (non-hydrogen) atoms. The number of benzene rings is 2. The van der Waals surface area contributed by atoms with Crippen LogP contribution in [0.3, 0.4) is 0 Å². The van der Waals surface area contributed by atoms with E-state index < -0.39 is 0 Å². The third-order valence-corrected chi connectivity index (χ3v) is 3.92. The number of ketones is 1. The van der Waals surface area contributed by atoms with Gasteiger partial charge in [0.05, 0.1) is 12.0 Å². The molecular weight excluding hydrogens is 248 g/mol. The van der Waals surface area contributed by atoms with Gasteiger partial charge in [0.2, 0.25) is 0 Å². The van der Waals surface area contributed by atoms with Crippen LogP contribution in [0.4, 0.5) is 0 Å². The smallest absolute Gasteiger partial charge is 0.173 e. The zero-order chi connectivity index (χ0) is 14.0. The molecule has 0 radical (unpaired) electrons. The van der Waals surface area contributed by atoms with Gasteiger partial charge in [-0.15, -0.1) is 0 Å². The zero-order valence-electron chi connectivity index (χ0n) is 11.6. The number of rotatable bonds is 5. The summed E-state index contributed by atoms with van der Waals surface area (Å²) >= 11 is 0. The summed E-state index contributed by atoms with van der Waals surface area (Å²) in [5, 5.41) is 0. The molecule has 3 rings (SSSR count). The Balaban J connectivity index is 1.91. The molecule has 102 valence electrons. The molecule has 1 saturated carbocycles. The van der Waals surface area contributed by atoms with Crippen molar-refractivity contribution in [3.8, 4) is 5.75 Å². The Morgan fingerprint density at radius 1 is 1.10 bits per heavy atom. The molecule has 0 aromatic heterocycles. The van der Waals surface area contributed by atoms with E-state index in [9.17, 15) is 4.79 Å². The third-order valence-electron chi connectivity index (χ3n) is 3.92. The van der Waals surface area contributed by atoms with E-state index in [2.05, 4.69) is 12.1 Å². The van der Waals surface area contributed by atoms with Gasteiger partial charge in [-0.3, -0.25) is 4.79 Å². The van der Waals surface area contributed by atoms with Crippen molar-refractivity contribution in [2.45, 2.75) is 25.2 Å². The van der Waals surface area contributed by atoms with Crippen LogP contribution in [0.5, 0.6) is 5.75 Å². The highest BCUT2D eigenvalue weighted by Crippen LogP contribution is 2.50.